The Morgan fingerprint density at radius 2 is 1.74 bits per heavy atom. The number of anilines is 1. The molecule has 2 rings (SSSR count). The number of carboxylic acid groups (broad SMARTS) is 1. The predicted molar refractivity (Wildman–Crippen MR) is 79.4 cm³/mol. The number of aromatic carboxylic acids is 1. The number of sulfonamides is 1. The Balaban J connectivity index is 2.33. The smallest absolute Gasteiger partial charge is 0.273 e. The zero-order valence-electron chi connectivity index (χ0n) is 11.8. The number of nitro groups is 1. The van der Waals surface area contributed by atoms with Crippen molar-refractivity contribution in [3.63, 3.8) is 0 Å². The van der Waals surface area contributed by atoms with Crippen LogP contribution in [0.25, 0.3) is 0 Å². The number of hydrogen-bond donors (Lipinski definition) is 1. The maximum Gasteiger partial charge on any atom is 0.273 e. The van der Waals surface area contributed by atoms with Gasteiger partial charge in [0.2, 0.25) is 0 Å². The van der Waals surface area contributed by atoms with Gasteiger partial charge in [-0.2, -0.15) is 0 Å². The van der Waals surface area contributed by atoms with Crippen molar-refractivity contribution in [1.82, 2.24) is 0 Å². The van der Waals surface area contributed by atoms with Crippen LogP contribution in [0.1, 0.15) is 15.9 Å². The van der Waals surface area contributed by atoms with Crippen molar-refractivity contribution in [2.45, 2.75) is 11.8 Å². The van der Waals surface area contributed by atoms with E-state index in [0.717, 1.165) is 6.07 Å². The van der Waals surface area contributed by atoms with Gasteiger partial charge in [-0.1, -0.05) is 18.2 Å². The van der Waals surface area contributed by atoms with Crippen LogP contribution < -0.4 is 9.83 Å². The van der Waals surface area contributed by atoms with E-state index in [-0.39, 0.29) is 21.8 Å². The molecule has 8 nitrogen and oxygen atoms in total. The van der Waals surface area contributed by atoms with Gasteiger partial charge in [0.25, 0.3) is 15.7 Å². The van der Waals surface area contributed by atoms with Crippen molar-refractivity contribution >= 4 is 27.4 Å². The van der Waals surface area contributed by atoms with Gasteiger partial charge in [0, 0.05) is 17.3 Å². The minimum atomic E-state index is -4.04. The minimum Gasteiger partial charge on any atom is -0.545 e. The Bertz CT molecular complexity index is 875. The normalized spacial score (nSPS) is 11.0. The highest BCUT2D eigenvalue weighted by Gasteiger charge is 2.19. The highest BCUT2D eigenvalue weighted by molar-refractivity contribution is 7.92. The molecule has 2 aromatic carbocycles. The average molecular weight is 335 g/mol. The zero-order valence-corrected chi connectivity index (χ0v) is 12.7. The molecule has 9 heteroatoms. The van der Waals surface area contributed by atoms with Crippen molar-refractivity contribution in [2.75, 3.05) is 4.72 Å². The molecule has 120 valence electrons. The summed E-state index contributed by atoms with van der Waals surface area (Å²) in [6, 6.07) is 8.44. The maximum absolute atomic E-state index is 12.2. The van der Waals surface area contributed by atoms with Crippen LogP contribution in [0.3, 0.4) is 0 Å². The van der Waals surface area contributed by atoms with Crippen LogP contribution >= 0.6 is 0 Å². The molecule has 0 aliphatic rings. The summed E-state index contributed by atoms with van der Waals surface area (Å²) in [5.41, 5.74) is 0.0598. The summed E-state index contributed by atoms with van der Waals surface area (Å²) in [6.07, 6.45) is 0. The summed E-state index contributed by atoms with van der Waals surface area (Å²) in [6.45, 7) is 1.50. The average Bonchev–Trinajstić information content (AvgIpc) is 2.47. The van der Waals surface area contributed by atoms with Crippen molar-refractivity contribution < 1.29 is 23.2 Å². The van der Waals surface area contributed by atoms with Gasteiger partial charge in [0.1, 0.15) is 0 Å². The van der Waals surface area contributed by atoms with Gasteiger partial charge in [-0.3, -0.25) is 14.8 Å². The molecule has 0 aliphatic heterocycles. The number of rotatable bonds is 5. The summed E-state index contributed by atoms with van der Waals surface area (Å²) in [5, 5.41) is 21.5. The molecule has 0 aromatic heterocycles. The first kappa shape index (κ1) is 16.4. The number of nitrogens with zero attached hydrogens (tertiary/aromatic N) is 1. The molecule has 0 spiro atoms. The van der Waals surface area contributed by atoms with Crippen molar-refractivity contribution in [1.29, 1.82) is 0 Å². The molecule has 0 heterocycles. The number of carboxylic acids is 1. The molecule has 0 aliphatic carbocycles. The first-order chi connectivity index (χ1) is 10.7. The number of carbonyl (C=O) groups excluding carboxylic acids is 1. The molecule has 0 saturated heterocycles. The number of nitro benzene ring substituents is 1. The van der Waals surface area contributed by atoms with Gasteiger partial charge < -0.3 is 9.90 Å². The Hall–Kier alpha value is -2.94. The number of nitrogens with one attached hydrogen (secondary N) is 1. The van der Waals surface area contributed by atoms with E-state index in [9.17, 15) is 28.4 Å². The molecule has 0 unspecified atom stereocenters. The molecule has 0 saturated carbocycles. The molecular weight excluding hydrogens is 324 g/mol. The Kier molecular flexibility index (Phi) is 4.32. The minimum absolute atomic E-state index is 0.0982. The number of carbonyl (C=O) groups is 1. The van der Waals surface area contributed by atoms with E-state index in [1.165, 1.54) is 43.3 Å². The van der Waals surface area contributed by atoms with E-state index >= 15 is 0 Å². The zero-order chi connectivity index (χ0) is 17.2. The third-order valence-corrected chi connectivity index (χ3v) is 4.44. The van der Waals surface area contributed by atoms with Crippen molar-refractivity contribution in [3.05, 3.63) is 63.7 Å². The topological polar surface area (TPSA) is 129 Å². The number of benzene rings is 2. The van der Waals surface area contributed by atoms with Crippen LogP contribution in [-0.4, -0.2) is 19.3 Å². The molecule has 1 N–H and O–H groups in total. The van der Waals surface area contributed by atoms with Gasteiger partial charge in [0.05, 0.1) is 15.8 Å². The third kappa shape index (κ3) is 3.64. The lowest BCUT2D eigenvalue weighted by molar-refractivity contribution is -0.385. The Labute approximate surface area is 131 Å². The van der Waals surface area contributed by atoms with E-state index in [1.54, 1.807) is 0 Å². The molecule has 0 bridgehead atoms. The van der Waals surface area contributed by atoms with Gasteiger partial charge >= 0.3 is 0 Å². The van der Waals surface area contributed by atoms with Gasteiger partial charge in [0.15, 0.2) is 0 Å². The van der Waals surface area contributed by atoms with Gasteiger partial charge in [-0.15, -0.1) is 0 Å². The third-order valence-electron chi connectivity index (χ3n) is 3.06. The summed E-state index contributed by atoms with van der Waals surface area (Å²) in [5.74, 6) is -1.38. The van der Waals surface area contributed by atoms with Gasteiger partial charge in [-0.25, -0.2) is 8.42 Å². The van der Waals surface area contributed by atoms with Crippen LogP contribution in [0, 0.1) is 17.0 Å². The first-order valence-corrected chi connectivity index (χ1v) is 7.78. The fourth-order valence-electron chi connectivity index (χ4n) is 1.84. The number of aryl methyl sites for hydroxylation is 1. The molecule has 0 atom stereocenters. The molecule has 23 heavy (non-hydrogen) atoms. The van der Waals surface area contributed by atoms with E-state index in [4.69, 9.17) is 0 Å². The van der Waals surface area contributed by atoms with Crippen LogP contribution in [0.4, 0.5) is 11.4 Å². The molecule has 2 aromatic rings. The highest BCUT2D eigenvalue weighted by atomic mass is 32.2. The fourth-order valence-corrected chi connectivity index (χ4v) is 2.92. The van der Waals surface area contributed by atoms with Crippen molar-refractivity contribution in [3.8, 4) is 0 Å². The lowest BCUT2D eigenvalue weighted by Gasteiger charge is -2.09. The molecule has 0 fully saturated rings. The SMILES string of the molecule is Cc1ccc(S(=O)(=O)Nc2ccc(C(=O)[O-])cc2)cc1[N+](=O)[O-]. The lowest BCUT2D eigenvalue weighted by atomic mass is 10.2. The highest BCUT2D eigenvalue weighted by Crippen LogP contribution is 2.24. The standard InChI is InChI=1S/C14H12N2O6S/c1-9-2-7-12(8-13(9)16(19)20)23(21,22)15-11-5-3-10(4-6-11)14(17)18/h2-8,15H,1H3,(H,17,18)/p-1. The molecule has 0 amide bonds. The second-order valence-electron chi connectivity index (χ2n) is 4.68. The Morgan fingerprint density at radius 1 is 1.13 bits per heavy atom. The van der Waals surface area contributed by atoms with E-state index < -0.39 is 20.9 Å². The fraction of sp³-hybridized carbons (Fsp3) is 0.0714. The van der Waals surface area contributed by atoms with Crippen LogP contribution in [0.15, 0.2) is 47.4 Å². The molecule has 0 radical (unpaired) electrons. The van der Waals surface area contributed by atoms with E-state index in [0.29, 0.717) is 5.56 Å². The summed E-state index contributed by atoms with van der Waals surface area (Å²) < 4.78 is 26.7. The summed E-state index contributed by atoms with van der Waals surface area (Å²) in [7, 11) is -4.04. The van der Waals surface area contributed by atoms with Gasteiger partial charge in [-0.05, 0) is 30.7 Å². The van der Waals surface area contributed by atoms with Crippen molar-refractivity contribution in [2.24, 2.45) is 0 Å². The molecular formula is C14H11N2O6S-. The largest absolute Gasteiger partial charge is 0.545 e. The van der Waals surface area contributed by atoms with Crippen LogP contribution in [0.2, 0.25) is 0 Å². The van der Waals surface area contributed by atoms with E-state index in [2.05, 4.69) is 4.72 Å². The predicted octanol–water partition coefficient (Wildman–Crippen LogP) is 1.07. The monoisotopic (exact) mass is 335 g/mol. The van der Waals surface area contributed by atoms with Crippen LogP contribution in [-0.2, 0) is 10.0 Å². The first-order valence-electron chi connectivity index (χ1n) is 6.30. The second-order valence-corrected chi connectivity index (χ2v) is 6.36. The van der Waals surface area contributed by atoms with E-state index in [1.807, 2.05) is 0 Å². The number of hydrogen-bond acceptors (Lipinski definition) is 6. The van der Waals surface area contributed by atoms with Crippen LogP contribution in [0.5, 0.6) is 0 Å². The lowest BCUT2D eigenvalue weighted by Crippen LogP contribution is -2.22. The summed E-state index contributed by atoms with van der Waals surface area (Å²) >= 11 is 0. The summed E-state index contributed by atoms with van der Waals surface area (Å²) in [4.78, 5) is 20.6. The quantitative estimate of drug-likeness (QED) is 0.642. The maximum atomic E-state index is 12.2. The second kappa shape index (κ2) is 6.05. The Morgan fingerprint density at radius 3 is 2.26 bits per heavy atom.